The van der Waals surface area contributed by atoms with Crippen molar-refractivity contribution in [2.75, 3.05) is 17.1 Å². The van der Waals surface area contributed by atoms with Gasteiger partial charge in [-0.3, -0.25) is 4.31 Å². The van der Waals surface area contributed by atoms with E-state index in [9.17, 15) is 8.42 Å². The molecule has 2 N–H and O–H groups in total. The molecule has 0 saturated carbocycles. The minimum atomic E-state index is -3.68. The first kappa shape index (κ1) is 20.9. The summed E-state index contributed by atoms with van der Waals surface area (Å²) in [5.74, 6) is 0.893. The lowest BCUT2D eigenvalue weighted by atomic mass is 10.3. The van der Waals surface area contributed by atoms with Crippen LogP contribution in [-0.4, -0.2) is 25.0 Å². The molecule has 2 heterocycles. The third-order valence-electron chi connectivity index (χ3n) is 5.57. The van der Waals surface area contributed by atoms with Crippen molar-refractivity contribution in [3.8, 4) is 0 Å². The van der Waals surface area contributed by atoms with Crippen LogP contribution in [-0.2, 0) is 30.0 Å². The Hall–Kier alpha value is -3.39. The maximum Gasteiger partial charge on any atom is 0.264 e. The monoisotopic (exact) mass is 436 g/mol. The summed E-state index contributed by atoms with van der Waals surface area (Å²) in [6.07, 6.45) is 2.68. The molecule has 2 aromatic carbocycles. The van der Waals surface area contributed by atoms with Gasteiger partial charge in [0.15, 0.2) is 18.4 Å². The number of anilines is 2. The number of hydrogen-bond donors (Lipinski definition) is 1. The van der Waals surface area contributed by atoms with Gasteiger partial charge in [-0.2, -0.15) is 0 Å². The molecule has 0 saturated heterocycles. The summed E-state index contributed by atoms with van der Waals surface area (Å²) in [6, 6.07) is 18.0. The molecule has 0 aliphatic heterocycles. The fourth-order valence-corrected chi connectivity index (χ4v) is 4.90. The minimum Gasteiger partial charge on any atom is -0.398 e. The fourth-order valence-electron chi connectivity index (χ4n) is 3.69. The van der Waals surface area contributed by atoms with Crippen LogP contribution in [0.15, 0.2) is 71.8 Å². The van der Waals surface area contributed by atoms with Crippen LogP contribution in [0.1, 0.15) is 11.5 Å². The number of hydrogen-bond acceptors (Lipinski definition) is 4. The zero-order valence-electron chi connectivity index (χ0n) is 17.9. The first-order chi connectivity index (χ1) is 14.8. The van der Waals surface area contributed by atoms with Crippen molar-refractivity contribution in [3.63, 3.8) is 0 Å². The third-order valence-corrected chi connectivity index (χ3v) is 7.36. The third kappa shape index (κ3) is 3.98. The largest absolute Gasteiger partial charge is 0.398 e. The van der Waals surface area contributed by atoms with Crippen molar-refractivity contribution in [1.82, 2.24) is 9.55 Å². The molecule has 0 radical (unpaired) electrons. The number of benzene rings is 2. The SMILES string of the molecule is Cc1cc(N)cc[n+]1CCc1nc2cc(S(=O)(=O)N(C)c3ccccc3)ccc2n1C. The summed E-state index contributed by atoms with van der Waals surface area (Å²) < 4.78 is 31.7. The maximum atomic E-state index is 13.1. The Morgan fingerprint density at radius 1 is 1.10 bits per heavy atom. The Bertz CT molecular complexity index is 1350. The Morgan fingerprint density at radius 3 is 2.55 bits per heavy atom. The van der Waals surface area contributed by atoms with Gasteiger partial charge in [-0.05, 0) is 30.3 Å². The molecule has 4 aromatic rings. The molecule has 4 rings (SSSR count). The fraction of sp³-hybridized carbons (Fsp3) is 0.217. The molecule has 0 unspecified atom stereocenters. The van der Waals surface area contributed by atoms with Crippen LogP contribution in [0.5, 0.6) is 0 Å². The predicted molar refractivity (Wildman–Crippen MR) is 122 cm³/mol. The van der Waals surface area contributed by atoms with Gasteiger partial charge >= 0.3 is 0 Å². The smallest absolute Gasteiger partial charge is 0.264 e. The zero-order valence-corrected chi connectivity index (χ0v) is 18.7. The average Bonchev–Trinajstić information content (AvgIpc) is 3.08. The maximum absolute atomic E-state index is 13.1. The van der Waals surface area contributed by atoms with Crippen LogP contribution < -0.4 is 14.6 Å². The molecule has 0 bridgehead atoms. The highest BCUT2D eigenvalue weighted by Crippen LogP contribution is 2.25. The number of fused-ring (bicyclic) bond motifs is 1. The molecule has 160 valence electrons. The molecule has 31 heavy (non-hydrogen) atoms. The van der Waals surface area contributed by atoms with E-state index in [2.05, 4.69) is 4.57 Å². The number of aryl methyl sites for hydroxylation is 4. The molecule has 0 aliphatic carbocycles. The second kappa shape index (κ2) is 8.03. The van der Waals surface area contributed by atoms with E-state index < -0.39 is 10.0 Å². The van der Waals surface area contributed by atoms with Crippen LogP contribution in [0.25, 0.3) is 11.0 Å². The number of nitrogens with two attached hydrogens (primary N) is 1. The molecular weight excluding hydrogens is 410 g/mol. The molecule has 0 amide bonds. The number of para-hydroxylation sites is 1. The van der Waals surface area contributed by atoms with E-state index in [4.69, 9.17) is 10.7 Å². The second-order valence-electron chi connectivity index (χ2n) is 7.59. The normalized spacial score (nSPS) is 11.7. The molecule has 8 heteroatoms. The van der Waals surface area contributed by atoms with Gasteiger partial charge in [-0.25, -0.2) is 18.0 Å². The highest BCUT2D eigenvalue weighted by atomic mass is 32.2. The van der Waals surface area contributed by atoms with E-state index >= 15 is 0 Å². The number of nitrogens with zero attached hydrogens (tertiary/aromatic N) is 4. The van der Waals surface area contributed by atoms with E-state index in [1.54, 1.807) is 31.3 Å². The van der Waals surface area contributed by atoms with Crippen molar-refractivity contribution in [1.29, 1.82) is 0 Å². The lowest BCUT2D eigenvalue weighted by Crippen LogP contribution is -2.38. The molecule has 0 atom stereocenters. The van der Waals surface area contributed by atoms with Crippen molar-refractivity contribution >= 4 is 32.4 Å². The number of sulfonamides is 1. The number of imidazole rings is 1. The quantitative estimate of drug-likeness (QED) is 0.471. The van der Waals surface area contributed by atoms with Gasteiger partial charge in [0.25, 0.3) is 10.0 Å². The van der Waals surface area contributed by atoms with Crippen LogP contribution >= 0.6 is 0 Å². The summed E-state index contributed by atoms with van der Waals surface area (Å²) in [5, 5.41) is 0. The van der Waals surface area contributed by atoms with Gasteiger partial charge in [0.2, 0.25) is 0 Å². The summed E-state index contributed by atoms with van der Waals surface area (Å²) in [4.78, 5) is 4.94. The van der Waals surface area contributed by atoms with E-state index in [-0.39, 0.29) is 4.90 Å². The van der Waals surface area contributed by atoms with Gasteiger partial charge in [-0.15, -0.1) is 0 Å². The minimum absolute atomic E-state index is 0.222. The summed E-state index contributed by atoms with van der Waals surface area (Å²) >= 11 is 0. The van der Waals surface area contributed by atoms with Crippen molar-refractivity contribution in [3.05, 3.63) is 78.4 Å². The zero-order chi connectivity index (χ0) is 22.2. The highest BCUT2D eigenvalue weighted by Gasteiger charge is 2.22. The summed E-state index contributed by atoms with van der Waals surface area (Å²) in [6.45, 7) is 2.77. The van der Waals surface area contributed by atoms with Crippen LogP contribution in [0.3, 0.4) is 0 Å². The first-order valence-electron chi connectivity index (χ1n) is 10.0. The van der Waals surface area contributed by atoms with Gasteiger partial charge in [0, 0.05) is 38.8 Å². The van der Waals surface area contributed by atoms with E-state index in [1.807, 2.05) is 61.1 Å². The van der Waals surface area contributed by atoms with Crippen LogP contribution in [0.2, 0.25) is 0 Å². The van der Waals surface area contributed by atoms with Crippen molar-refractivity contribution in [2.24, 2.45) is 7.05 Å². The topological polar surface area (TPSA) is 85.1 Å². The Labute approximate surface area is 182 Å². The molecule has 0 aliphatic rings. The van der Waals surface area contributed by atoms with Crippen LogP contribution in [0, 0.1) is 6.92 Å². The Kier molecular flexibility index (Phi) is 5.41. The molecule has 2 aromatic heterocycles. The second-order valence-corrected chi connectivity index (χ2v) is 9.56. The molecule has 7 nitrogen and oxygen atoms in total. The molecular formula is C23H26N5O2S+. The highest BCUT2D eigenvalue weighted by molar-refractivity contribution is 7.92. The molecule has 0 spiro atoms. The van der Waals surface area contributed by atoms with Gasteiger partial charge in [0.05, 0.1) is 28.0 Å². The first-order valence-corrected chi connectivity index (χ1v) is 11.5. The predicted octanol–water partition coefficient (Wildman–Crippen LogP) is 2.82. The lowest BCUT2D eigenvalue weighted by molar-refractivity contribution is -0.702. The van der Waals surface area contributed by atoms with E-state index in [0.29, 0.717) is 17.6 Å². The number of rotatable bonds is 6. The Balaban J connectivity index is 1.63. The number of nitrogen functional groups attached to an aromatic ring is 1. The number of pyridine rings is 1. The van der Waals surface area contributed by atoms with Crippen LogP contribution in [0.4, 0.5) is 11.4 Å². The van der Waals surface area contributed by atoms with Gasteiger partial charge < -0.3 is 10.3 Å². The van der Waals surface area contributed by atoms with Gasteiger partial charge in [0.1, 0.15) is 5.82 Å². The van der Waals surface area contributed by atoms with Crippen molar-refractivity contribution < 1.29 is 13.0 Å². The van der Waals surface area contributed by atoms with E-state index in [1.165, 1.54) is 4.31 Å². The summed E-state index contributed by atoms with van der Waals surface area (Å²) in [7, 11) is -0.170. The van der Waals surface area contributed by atoms with E-state index in [0.717, 1.165) is 29.3 Å². The number of aromatic nitrogens is 3. The van der Waals surface area contributed by atoms with Gasteiger partial charge in [-0.1, -0.05) is 18.2 Å². The molecule has 0 fully saturated rings. The van der Waals surface area contributed by atoms with Crippen molar-refractivity contribution in [2.45, 2.75) is 24.8 Å². The Morgan fingerprint density at radius 2 is 1.84 bits per heavy atom. The summed E-state index contributed by atoms with van der Waals surface area (Å²) in [5.41, 5.74) is 9.83. The lowest BCUT2D eigenvalue weighted by Gasteiger charge is -2.19. The average molecular weight is 437 g/mol. The standard InChI is InChI=1S/C23H25N5O2S/c1-17-15-18(24)11-13-28(17)14-12-23-25-21-16-20(9-10-22(21)26(23)2)31(29,30)27(3)19-7-5-4-6-8-19/h4-11,13,15-16,24H,12,14H2,1-3H3/p+1.